The minimum absolute atomic E-state index is 1.12. The largest absolute Gasteiger partial charge is 0.308 e. The van der Waals surface area contributed by atoms with Gasteiger partial charge in [-0.2, -0.15) is 0 Å². The van der Waals surface area contributed by atoms with Crippen LogP contribution in [0.25, 0.3) is 0 Å². The molecule has 0 bridgehead atoms. The van der Waals surface area contributed by atoms with Gasteiger partial charge in [0.25, 0.3) is 0 Å². The summed E-state index contributed by atoms with van der Waals surface area (Å²) in [5.74, 6) is 0. The number of benzene rings is 5. The van der Waals surface area contributed by atoms with Gasteiger partial charge in [-0.25, -0.2) is 0 Å². The van der Waals surface area contributed by atoms with Gasteiger partial charge in [-0.3, -0.25) is 0 Å². The lowest BCUT2D eigenvalue weighted by molar-refractivity contribution is 1.18. The number of nitrogens with zero attached hydrogens (tertiary/aromatic N) is 2. The Morgan fingerprint density at radius 3 is 1.23 bits per heavy atom. The van der Waals surface area contributed by atoms with Crippen LogP contribution in [0.3, 0.4) is 0 Å². The monoisotopic (exact) mass is 454 g/mol. The maximum Gasteiger partial charge on any atom is 0.0702 e. The zero-order valence-corrected chi connectivity index (χ0v) is 20.5. The van der Waals surface area contributed by atoms with Crippen molar-refractivity contribution in [2.75, 3.05) is 9.80 Å². The van der Waals surface area contributed by atoms with Gasteiger partial charge in [0.05, 0.1) is 11.4 Å². The fourth-order valence-corrected chi connectivity index (χ4v) is 4.59. The Balaban J connectivity index is 1.78. The molecule has 0 atom stereocenters. The van der Waals surface area contributed by atoms with Gasteiger partial charge in [0.15, 0.2) is 0 Å². The molecule has 0 aliphatic carbocycles. The van der Waals surface area contributed by atoms with Crippen molar-refractivity contribution in [3.8, 4) is 0 Å². The summed E-state index contributed by atoms with van der Waals surface area (Å²) in [6.07, 6.45) is 0. The third-order valence-corrected chi connectivity index (χ3v) is 6.68. The van der Waals surface area contributed by atoms with Crippen molar-refractivity contribution in [2.45, 2.75) is 20.8 Å². The van der Waals surface area contributed by atoms with E-state index in [0.29, 0.717) is 0 Å². The van der Waals surface area contributed by atoms with Gasteiger partial charge in [-0.1, -0.05) is 72.8 Å². The van der Waals surface area contributed by atoms with Crippen LogP contribution in [0.2, 0.25) is 0 Å². The molecule has 0 unspecified atom stereocenters. The standard InChI is InChI=1S/C33H30N2/c1-25-23-24-31(27(3)26(25)2)35(30-19-11-6-12-20-30)33-22-14-13-21-32(33)34(28-15-7-4-8-16-28)29-17-9-5-10-18-29/h4-24H,1-3H3. The zero-order chi connectivity index (χ0) is 24.2. The van der Waals surface area contributed by atoms with Gasteiger partial charge in [-0.05, 0) is 92.1 Å². The van der Waals surface area contributed by atoms with E-state index in [1.165, 1.54) is 22.4 Å². The molecule has 0 aliphatic rings. The Hall–Kier alpha value is -4.30. The SMILES string of the molecule is Cc1ccc(N(c2ccccc2)c2ccccc2N(c2ccccc2)c2ccccc2)c(C)c1C. The first-order chi connectivity index (χ1) is 17.1. The second-order valence-corrected chi connectivity index (χ2v) is 8.82. The number of para-hydroxylation sites is 5. The van der Waals surface area contributed by atoms with Gasteiger partial charge in [0.1, 0.15) is 0 Å². The van der Waals surface area contributed by atoms with Gasteiger partial charge in [0.2, 0.25) is 0 Å². The Bertz CT molecular complexity index is 1370. The van der Waals surface area contributed by atoms with E-state index in [-0.39, 0.29) is 0 Å². The molecule has 0 radical (unpaired) electrons. The second-order valence-electron chi connectivity index (χ2n) is 8.82. The zero-order valence-electron chi connectivity index (χ0n) is 20.5. The molecule has 5 rings (SSSR count). The molecule has 172 valence electrons. The highest BCUT2D eigenvalue weighted by Crippen LogP contribution is 2.46. The van der Waals surface area contributed by atoms with Crippen LogP contribution in [0.5, 0.6) is 0 Å². The van der Waals surface area contributed by atoms with E-state index >= 15 is 0 Å². The first kappa shape index (κ1) is 22.5. The van der Waals surface area contributed by atoms with Crippen molar-refractivity contribution in [1.82, 2.24) is 0 Å². The Morgan fingerprint density at radius 1 is 0.343 bits per heavy atom. The molecule has 5 aromatic carbocycles. The van der Waals surface area contributed by atoms with Crippen LogP contribution in [-0.2, 0) is 0 Å². The molecule has 5 aromatic rings. The van der Waals surface area contributed by atoms with E-state index in [1.807, 2.05) is 0 Å². The highest BCUT2D eigenvalue weighted by atomic mass is 15.2. The smallest absolute Gasteiger partial charge is 0.0702 e. The van der Waals surface area contributed by atoms with Crippen LogP contribution in [-0.4, -0.2) is 0 Å². The Labute approximate surface area is 208 Å². The molecule has 0 saturated carbocycles. The lowest BCUT2D eigenvalue weighted by Crippen LogP contribution is -2.17. The number of hydrogen-bond acceptors (Lipinski definition) is 2. The third-order valence-electron chi connectivity index (χ3n) is 6.68. The van der Waals surface area contributed by atoms with Crippen molar-refractivity contribution in [2.24, 2.45) is 0 Å². The van der Waals surface area contributed by atoms with Gasteiger partial charge < -0.3 is 9.80 Å². The van der Waals surface area contributed by atoms with Crippen molar-refractivity contribution >= 4 is 34.1 Å². The minimum atomic E-state index is 1.12. The van der Waals surface area contributed by atoms with Crippen LogP contribution in [0, 0.1) is 20.8 Å². The predicted octanol–water partition coefficient (Wildman–Crippen LogP) is 9.55. The highest BCUT2D eigenvalue weighted by molar-refractivity contribution is 5.91. The molecule has 0 heterocycles. The van der Waals surface area contributed by atoms with Crippen molar-refractivity contribution in [3.63, 3.8) is 0 Å². The second kappa shape index (κ2) is 9.90. The number of rotatable bonds is 6. The van der Waals surface area contributed by atoms with Gasteiger partial charge >= 0.3 is 0 Å². The summed E-state index contributed by atoms with van der Waals surface area (Å²) in [5, 5.41) is 0. The van der Waals surface area contributed by atoms with Crippen molar-refractivity contribution in [3.05, 3.63) is 144 Å². The number of aryl methyl sites for hydroxylation is 1. The Morgan fingerprint density at radius 2 is 0.743 bits per heavy atom. The summed E-state index contributed by atoms with van der Waals surface area (Å²) >= 11 is 0. The summed E-state index contributed by atoms with van der Waals surface area (Å²) in [4.78, 5) is 4.72. The molecule has 0 fully saturated rings. The topological polar surface area (TPSA) is 6.48 Å². The van der Waals surface area contributed by atoms with Crippen LogP contribution in [0.15, 0.2) is 127 Å². The third kappa shape index (κ3) is 4.43. The molecule has 2 nitrogen and oxygen atoms in total. The summed E-state index contributed by atoms with van der Waals surface area (Å²) in [6, 6.07) is 44.9. The fraction of sp³-hybridized carbons (Fsp3) is 0.0909. The number of hydrogen-bond donors (Lipinski definition) is 0. The molecule has 35 heavy (non-hydrogen) atoms. The molecule has 0 amide bonds. The normalized spacial score (nSPS) is 10.7. The van der Waals surface area contributed by atoms with E-state index in [2.05, 4.69) is 158 Å². The van der Waals surface area contributed by atoms with Crippen molar-refractivity contribution < 1.29 is 0 Å². The maximum atomic E-state index is 2.38. The minimum Gasteiger partial charge on any atom is -0.308 e. The fourth-order valence-electron chi connectivity index (χ4n) is 4.59. The molecule has 2 heteroatoms. The highest BCUT2D eigenvalue weighted by Gasteiger charge is 2.23. The summed E-state index contributed by atoms with van der Waals surface area (Å²) in [6.45, 7) is 6.62. The lowest BCUT2D eigenvalue weighted by Gasteiger charge is -2.34. The quantitative estimate of drug-likeness (QED) is 0.252. The molecule has 0 saturated heterocycles. The molecular weight excluding hydrogens is 424 g/mol. The number of anilines is 6. The van der Waals surface area contributed by atoms with Crippen LogP contribution < -0.4 is 9.80 Å². The van der Waals surface area contributed by atoms with Gasteiger partial charge in [-0.15, -0.1) is 0 Å². The summed E-state index contributed by atoms with van der Waals surface area (Å²) < 4.78 is 0. The summed E-state index contributed by atoms with van der Waals surface area (Å²) in [5.41, 5.74) is 10.7. The average Bonchev–Trinajstić information content (AvgIpc) is 2.92. The average molecular weight is 455 g/mol. The van der Waals surface area contributed by atoms with Crippen molar-refractivity contribution in [1.29, 1.82) is 0 Å². The molecular formula is C33H30N2. The van der Waals surface area contributed by atoms with E-state index in [9.17, 15) is 0 Å². The van der Waals surface area contributed by atoms with E-state index < -0.39 is 0 Å². The van der Waals surface area contributed by atoms with Crippen LogP contribution in [0.1, 0.15) is 16.7 Å². The molecule has 0 N–H and O–H groups in total. The predicted molar refractivity (Wildman–Crippen MR) is 150 cm³/mol. The first-order valence-corrected chi connectivity index (χ1v) is 12.1. The van der Waals surface area contributed by atoms with Crippen LogP contribution >= 0.6 is 0 Å². The molecule has 0 spiro atoms. The molecule has 0 aromatic heterocycles. The summed E-state index contributed by atoms with van der Waals surface area (Å²) in [7, 11) is 0. The van der Waals surface area contributed by atoms with Crippen LogP contribution in [0.4, 0.5) is 34.1 Å². The lowest BCUT2D eigenvalue weighted by atomic mass is 10.0. The van der Waals surface area contributed by atoms with E-state index in [0.717, 1.165) is 28.4 Å². The Kier molecular flexibility index (Phi) is 6.36. The molecule has 0 aliphatic heterocycles. The van der Waals surface area contributed by atoms with E-state index in [4.69, 9.17) is 0 Å². The first-order valence-electron chi connectivity index (χ1n) is 12.1. The van der Waals surface area contributed by atoms with E-state index in [1.54, 1.807) is 0 Å². The van der Waals surface area contributed by atoms with Gasteiger partial charge in [0, 0.05) is 22.7 Å². The maximum absolute atomic E-state index is 2.38.